The summed E-state index contributed by atoms with van der Waals surface area (Å²) in [6, 6.07) is 6.96. The second-order valence-corrected chi connectivity index (χ2v) is 4.05. The van der Waals surface area contributed by atoms with Gasteiger partial charge >= 0.3 is 0 Å². The molecule has 0 radical (unpaired) electrons. The van der Waals surface area contributed by atoms with Crippen molar-refractivity contribution >= 4 is 0 Å². The molecule has 1 aromatic carbocycles. The molecule has 3 aromatic rings. The van der Waals surface area contributed by atoms with Gasteiger partial charge in [0.25, 0.3) is 0 Å². The molecular weight excluding hydrogens is 248 g/mol. The molecule has 5 heteroatoms. The fourth-order valence-electron chi connectivity index (χ4n) is 1.83. The molecule has 2 heterocycles. The third-order valence-electron chi connectivity index (χ3n) is 2.68. The summed E-state index contributed by atoms with van der Waals surface area (Å²) >= 11 is 0. The zero-order chi connectivity index (χ0) is 13.2. The van der Waals surface area contributed by atoms with E-state index in [-0.39, 0.29) is 0 Å². The van der Waals surface area contributed by atoms with Crippen LogP contribution in [0, 0.1) is 11.6 Å². The largest absolute Gasteiger partial charge is 0.338 e. The molecule has 0 aliphatic heterocycles. The second-order valence-electron chi connectivity index (χ2n) is 4.05. The van der Waals surface area contributed by atoms with Crippen molar-refractivity contribution in [3.8, 4) is 22.6 Å². The van der Waals surface area contributed by atoms with Crippen molar-refractivity contribution in [3.05, 3.63) is 60.6 Å². The van der Waals surface area contributed by atoms with Crippen LogP contribution in [0.15, 0.2) is 48.9 Å². The molecule has 0 amide bonds. The van der Waals surface area contributed by atoms with Crippen molar-refractivity contribution in [2.75, 3.05) is 0 Å². The summed E-state index contributed by atoms with van der Waals surface area (Å²) in [4.78, 5) is 11.1. The molecule has 19 heavy (non-hydrogen) atoms. The molecule has 0 unspecified atom stereocenters. The molecule has 0 saturated carbocycles. The molecule has 3 nitrogen and oxygen atoms in total. The minimum atomic E-state index is -0.630. The summed E-state index contributed by atoms with van der Waals surface area (Å²) < 4.78 is 26.3. The van der Waals surface area contributed by atoms with Crippen LogP contribution in [0.5, 0.6) is 0 Å². The molecule has 94 valence electrons. The van der Waals surface area contributed by atoms with Crippen molar-refractivity contribution in [2.45, 2.75) is 0 Å². The molecule has 0 aliphatic rings. The van der Waals surface area contributed by atoms with Gasteiger partial charge in [-0.3, -0.25) is 4.98 Å². The topological polar surface area (TPSA) is 41.6 Å². The van der Waals surface area contributed by atoms with E-state index in [9.17, 15) is 8.78 Å². The zero-order valence-corrected chi connectivity index (χ0v) is 9.77. The van der Waals surface area contributed by atoms with E-state index in [1.807, 2.05) is 6.07 Å². The highest BCUT2D eigenvalue weighted by molar-refractivity contribution is 5.63. The Bertz CT molecular complexity index is 687. The second kappa shape index (κ2) is 4.61. The van der Waals surface area contributed by atoms with Gasteiger partial charge in [0, 0.05) is 29.6 Å². The van der Waals surface area contributed by atoms with E-state index in [2.05, 4.69) is 15.0 Å². The highest BCUT2D eigenvalue weighted by atomic mass is 19.1. The van der Waals surface area contributed by atoms with Crippen molar-refractivity contribution in [3.63, 3.8) is 0 Å². The standard InChI is InChI=1S/C14H9F2N3/c15-11-4-10(5-12(16)6-11)14-18-8-13(19-14)9-2-1-3-17-7-9/h1-8H,(H,18,19). The molecule has 0 atom stereocenters. The van der Waals surface area contributed by atoms with E-state index in [0.717, 1.165) is 17.3 Å². The Morgan fingerprint density at radius 3 is 2.42 bits per heavy atom. The van der Waals surface area contributed by atoms with Gasteiger partial charge in [-0.1, -0.05) is 0 Å². The van der Waals surface area contributed by atoms with Gasteiger partial charge in [-0.05, 0) is 24.3 Å². The Kier molecular flexibility index (Phi) is 2.79. The number of H-pyrrole nitrogens is 1. The van der Waals surface area contributed by atoms with Gasteiger partial charge in [0.2, 0.25) is 0 Å². The first-order chi connectivity index (χ1) is 9.22. The minimum Gasteiger partial charge on any atom is -0.338 e. The van der Waals surface area contributed by atoms with Crippen LogP contribution in [0.25, 0.3) is 22.6 Å². The molecule has 0 fully saturated rings. The maximum Gasteiger partial charge on any atom is 0.137 e. The maximum absolute atomic E-state index is 13.2. The smallest absolute Gasteiger partial charge is 0.137 e. The summed E-state index contributed by atoms with van der Waals surface area (Å²) in [5.41, 5.74) is 1.97. The summed E-state index contributed by atoms with van der Waals surface area (Å²) in [5.74, 6) is -0.846. The molecule has 0 bridgehead atoms. The highest BCUT2D eigenvalue weighted by Crippen LogP contribution is 2.22. The Morgan fingerprint density at radius 2 is 1.74 bits per heavy atom. The van der Waals surface area contributed by atoms with Crippen LogP contribution in [-0.4, -0.2) is 15.0 Å². The first kappa shape index (κ1) is 11.5. The van der Waals surface area contributed by atoms with Crippen LogP contribution in [0.3, 0.4) is 0 Å². The Morgan fingerprint density at radius 1 is 0.947 bits per heavy atom. The van der Waals surface area contributed by atoms with Gasteiger partial charge in [-0.2, -0.15) is 0 Å². The average molecular weight is 257 g/mol. The predicted molar refractivity (Wildman–Crippen MR) is 67.2 cm³/mol. The van der Waals surface area contributed by atoms with Crippen LogP contribution in [0.1, 0.15) is 0 Å². The number of imidazole rings is 1. The van der Waals surface area contributed by atoms with E-state index in [0.29, 0.717) is 11.4 Å². The molecule has 0 aliphatic carbocycles. The number of nitrogens with zero attached hydrogens (tertiary/aromatic N) is 2. The van der Waals surface area contributed by atoms with Gasteiger partial charge < -0.3 is 4.98 Å². The first-order valence-corrected chi connectivity index (χ1v) is 5.64. The van der Waals surface area contributed by atoms with Crippen molar-refractivity contribution in [1.29, 1.82) is 0 Å². The molecule has 2 aromatic heterocycles. The lowest BCUT2D eigenvalue weighted by atomic mass is 10.2. The molecule has 0 saturated heterocycles. The lowest BCUT2D eigenvalue weighted by Gasteiger charge is -1.99. The predicted octanol–water partition coefficient (Wildman–Crippen LogP) is 3.42. The van der Waals surface area contributed by atoms with Crippen LogP contribution in [0.2, 0.25) is 0 Å². The van der Waals surface area contributed by atoms with Crippen LogP contribution in [0.4, 0.5) is 8.78 Å². The zero-order valence-electron chi connectivity index (χ0n) is 9.77. The number of rotatable bonds is 2. The molecular formula is C14H9F2N3. The average Bonchev–Trinajstić information content (AvgIpc) is 2.88. The summed E-state index contributed by atoms with van der Waals surface area (Å²) in [7, 11) is 0. The fourth-order valence-corrected chi connectivity index (χ4v) is 1.83. The number of benzene rings is 1. The highest BCUT2D eigenvalue weighted by Gasteiger charge is 2.08. The third-order valence-corrected chi connectivity index (χ3v) is 2.68. The van der Waals surface area contributed by atoms with Gasteiger partial charge in [0.05, 0.1) is 11.9 Å². The van der Waals surface area contributed by atoms with E-state index in [4.69, 9.17) is 0 Å². The Labute approximate surface area is 108 Å². The third kappa shape index (κ3) is 2.35. The number of aromatic nitrogens is 3. The number of halogens is 2. The number of nitrogens with one attached hydrogen (secondary N) is 1. The summed E-state index contributed by atoms with van der Waals surface area (Å²) in [6.45, 7) is 0. The molecule has 3 rings (SSSR count). The van der Waals surface area contributed by atoms with Gasteiger partial charge in [-0.15, -0.1) is 0 Å². The van der Waals surface area contributed by atoms with Crippen LogP contribution >= 0.6 is 0 Å². The van der Waals surface area contributed by atoms with Gasteiger partial charge in [0.1, 0.15) is 17.5 Å². The summed E-state index contributed by atoms with van der Waals surface area (Å²) in [6.07, 6.45) is 4.96. The van der Waals surface area contributed by atoms with E-state index < -0.39 is 11.6 Å². The lowest BCUT2D eigenvalue weighted by molar-refractivity contribution is 0.584. The summed E-state index contributed by atoms with van der Waals surface area (Å²) in [5, 5.41) is 0. The quantitative estimate of drug-likeness (QED) is 0.764. The van der Waals surface area contributed by atoms with Gasteiger partial charge in [0.15, 0.2) is 0 Å². The van der Waals surface area contributed by atoms with Gasteiger partial charge in [-0.25, -0.2) is 13.8 Å². The lowest BCUT2D eigenvalue weighted by Crippen LogP contribution is -1.86. The van der Waals surface area contributed by atoms with Crippen LogP contribution in [-0.2, 0) is 0 Å². The first-order valence-electron chi connectivity index (χ1n) is 5.64. The Balaban J connectivity index is 2.02. The molecule has 0 spiro atoms. The molecule has 1 N–H and O–H groups in total. The van der Waals surface area contributed by atoms with Crippen molar-refractivity contribution in [2.24, 2.45) is 0 Å². The number of hydrogen-bond acceptors (Lipinski definition) is 2. The minimum absolute atomic E-state index is 0.368. The fraction of sp³-hybridized carbons (Fsp3) is 0. The number of pyridine rings is 1. The SMILES string of the molecule is Fc1cc(F)cc(-c2ncc(-c3cccnc3)[nH]2)c1. The maximum atomic E-state index is 13.2. The van der Waals surface area contributed by atoms with Crippen molar-refractivity contribution in [1.82, 2.24) is 15.0 Å². The van der Waals surface area contributed by atoms with Crippen LogP contribution < -0.4 is 0 Å². The van der Waals surface area contributed by atoms with E-state index in [1.165, 1.54) is 12.1 Å². The Hall–Kier alpha value is -2.56. The normalized spacial score (nSPS) is 10.6. The monoisotopic (exact) mass is 257 g/mol. The van der Waals surface area contributed by atoms with E-state index >= 15 is 0 Å². The van der Waals surface area contributed by atoms with Crippen molar-refractivity contribution < 1.29 is 8.78 Å². The number of hydrogen-bond donors (Lipinski definition) is 1. The number of aromatic amines is 1. The van der Waals surface area contributed by atoms with E-state index in [1.54, 1.807) is 24.7 Å².